The first-order valence-electron chi connectivity index (χ1n) is 20.6. The number of aromatic nitrogens is 2. The van der Waals surface area contributed by atoms with Gasteiger partial charge in [-0.25, -0.2) is 4.98 Å². The molecule has 312 valence electrons. The number of hydrogen-bond donors (Lipinski definition) is 3. The van der Waals surface area contributed by atoms with Gasteiger partial charge >= 0.3 is 0 Å². The molecule has 1 spiro atoms. The highest BCUT2D eigenvalue weighted by atomic mass is 35.5. The number of piperazine rings is 1. The number of aromatic amines is 1. The molecule has 0 atom stereocenters. The van der Waals surface area contributed by atoms with Gasteiger partial charge in [-0.05, 0) is 110 Å². The van der Waals surface area contributed by atoms with Crippen LogP contribution < -0.4 is 19.7 Å². The van der Waals surface area contributed by atoms with Crippen molar-refractivity contribution in [3.8, 4) is 11.5 Å². The Labute approximate surface area is 358 Å². The maximum atomic E-state index is 13.9. The number of anilines is 2. The standard InChI is InChI=1S/C45H48ClN7O6S/c46-34-3-1-31(2-4-34)39-24-45(28-58-29-45)13-9-33(39)27-51-15-17-52(18-16-51)35-5-7-38(42(22-35)59-36-21-32-10-14-47-43(32)49-26-36)44(54)50-60-37-6-8-40(41(23-37)53(55)56)48-25-30-11-19-57-20-12-30/h1-8,10,14,21-23,26,30,48H,9,11-13,15-20,24-25,27-29H2,(H,47,49)(H,50,54). The molecule has 0 bridgehead atoms. The van der Waals surface area contributed by atoms with Gasteiger partial charge in [-0.1, -0.05) is 29.3 Å². The zero-order valence-electron chi connectivity index (χ0n) is 33.3. The number of pyridine rings is 1. The van der Waals surface area contributed by atoms with Crippen molar-refractivity contribution in [3.05, 3.63) is 117 Å². The van der Waals surface area contributed by atoms with Gasteiger partial charge in [0.1, 0.15) is 22.8 Å². The fourth-order valence-corrected chi connectivity index (χ4v) is 9.43. The van der Waals surface area contributed by atoms with E-state index in [9.17, 15) is 14.9 Å². The number of H-pyrrole nitrogens is 1. The van der Waals surface area contributed by atoms with Crippen LogP contribution in [-0.2, 0) is 9.47 Å². The van der Waals surface area contributed by atoms with Crippen molar-refractivity contribution in [2.24, 2.45) is 11.3 Å². The number of fused-ring (bicyclic) bond motifs is 1. The van der Waals surface area contributed by atoms with Crippen LogP contribution in [0.5, 0.6) is 11.5 Å². The normalized spacial score (nSPS) is 18.4. The first-order valence-corrected chi connectivity index (χ1v) is 21.8. The third-order valence-electron chi connectivity index (χ3n) is 12.3. The highest BCUT2D eigenvalue weighted by Crippen LogP contribution is 2.48. The second-order valence-electron chi connectivity index (χ2n) is 16.3. The van der Waals surface area contributed by atoms with Crippen LogP contribution in [0.25, 0.3) is 16.6 Å². The lowest BCUT2D eigenvalue weighted by molar-refractivity contribution is -0.384. The van der Waals surface area contributed by atoms with Crippen LogP contribution in [0.1, 0.15) is 48.0 Å². The van der Waals surface area contributed by atoms with E-state index in [1.807, 2.05) is 42.6 Å². The van der Waals surface area contributed by atoms with E-state index >= 15 is 0 Å². The summed E-state index contributed by atoms with van der Waals surface area (Å²) in [6.45, 7) is 8.08. The largest absolute Gasteiger partial charge is 0.455 e. The smallest absolute Gasteiger partial charge is 0.293 e. The molecule has 5 heterocycles. The highest BCUT2D eigenvalue weighted by Gasteiger charge is 2.42. The number of allylic oxidation sites excluding steroid dienone is 1. The Kier molecular flexibility index (Phi) is 12.0. The number of carbonyl (C=O) groups excluding carboxylic acids is 1. The second kappa shape index (κ2) is 17.8. The number of rotatable bonds is 13. The number of halogens is 1. The van der Waals surface area contributed by atoms with Crippen LogP contribution in [0.2, 0.25) is 5.02 Å². The first-order chi connectivity index (χ1) is 29.3. The predicted octanol–water partition coefficient (Wildman–Crippen LogP) is 8.97. The minimum Gasteiger partial charge on any atom is -0.455 e. The number of nitro groups is 1. The lowest BCUT2D eigenvalue weighted by atomic mass is 9.69. The Hall–Kier alpha value is -5.12. The number of nitrogens with zero attached hydrogens (tertiary/aromatic N) is 4. The van der Waals surface area contributed by atoms with Crippen LogP contribution >= 0.6 is 23.5 Å². The zero-order valence-corrected chi connectivity index (χ0v) is 34.9. The van der Waals surface area contributed by atoms with Gasteiger partial charge in [0.05, 0.1) is 29.9 Å². The molecule has 3 saturated heterocycles. The van der Waals surface area contributed by atoms with Crippen LogP contribution in [-0.4, -0.2) is 91.4 Å². The van der Waals surface area contributed by atoms with E-state index in [2.05, 4.69) is 41.9 Å². The van der Waals surface area contributed by atoms with Crippen molar-refractivity contribution in [1.29, 1.82) is 0 Å². The number of hydrogen-bond acceptors (Lipinski definition) is 11. The van der Waals surface area contributed by atoms with Crippen molar-refractivity contribution in [2.75, 3.05) is 75.9 Å². The number of nitro benzene ring substituents is 1. The molecular formula is C45H48ClN7O6S. The first kappa shape index (κ1) is 40.3. The van der Waals surface area contributed by atoms with Gasteiger partial charge < -0.3 is 29.4 Å². The Morgan fingerprint density at radius 3 is 2.60 bits per heavy atom. The lowest BCUT2D eigenvalue weighted by Crippen LogP contribution is -2.48. The summed E-state index contributed by atoms with van der Waals surface area (Å²) in [4.78, 5) is 38.5. The number of ether oxygens (including phenoxy) is 3. The highest BCUT2D eigenvalue weighted by molar-refractivity contribution is 7.98. The van der Waals surface area contributed by atoms with Gasteiger partial charge in [-0.3, -0.25) is 24.5 Å². The van der Waals surface area contributed by atoms with E-state index in [1.54, 1.807) is 24.4 Å². The van der Waals surface area contributed by atoms with Crippen LogP contribution in [0.15, 0.2) is 95.7 Å². The average Bonchev–Trinajstić information content (AvgIpc) is 3.74. The van der Waals surface area contributed by atoms with Crippen molar-refractivity contribution in [2.45, 2.75) is 37.0 Å². The van der Waals surface area contributed by atoms with E-state index < -0.39 is 4.92 Å². The summed E-state index contributed by atoms with van der Waals surface area (Å²) in [7, 11) is 0. The van der Waals surface area contributed by atoms with E-state index in [0.29, 0.717) is 53.3 Å². The molecule has 3 aromatic carbocycles. The zero-order chi connectivity index (χ0) is 41.1. The van der Waals surface area contributed by atoms with Crippen molar-refractivity contribution >= 4 is 63.1 Å². The van der Waals surface area contributed by atoms with Crippen molar-refractivity contribution in [3.63, 3.8) is 0 Å². The summed E-state index contributed by atoms with van der Waals surface area (Å²) in [6.07, 6.45) is 8.57. The molecule has 0 saturated carbocycles. The fourth-order valence-electron chi connectivity index (χ4n) is 8.68. The van der Waals surface area contributed by atoms with E-state index in [0.717, 1.165) is 112 Å². The number of amides is 1. The van der Waals surface area contributed by atoms with Crippen LogP contribution in [0.3, 0.4) is 0 Å². The summed E-state index contributed by atoms with van der Waals surface area (Å²) >= 11 is 7.29. The van der Waals surface area contributed by atoms with Gasteiger partial charge in [-0.2, -0.15) is 0 Å². The molecule has 1 amide bonds. The van der Waals surface area contributed by atoms with Gasteiger partial charge in [-0.15, -0.1) is 0 Å². The summed E-state index contributed by atoms with van der Waals surface area (Å²) in [5, 5.41) is 16.9. The number of carbonyl (C=O) groups is 1. The average molecular weight is 850 g/mol. The predicted molar refractivity (Wildman–Crippen MR) is 235 cm³/mol. The van der Waals surface area contributed by atoms with Crippen molar-refractivity contribution in [1.82, 2.24) is 19.6 Å². The van der Waals surface area contributed by atoms with Crippen LogP contribution in [0, 0.1) is 21.4 Å². The molecule has 60 heavy (non-hydrogen) atoms. The maximum absolute atomic E-state index is 13.9. The molecule has 2 aromatic heterocycles. The van der Waals surface area contributed by atoms with E-state index in [1.165, 1.54) is 22.8 Å². The quantitative estimate of drug-likeness (QED) is 0.0593. The lowest BCUT2D eigenvalue weighted by Gasteiger charge is -2.46. The molecule has 15 heteroatoms. The van der Waals surface area contributed by atoms with Crippen molar-refractivity contribution < 1.29 is 23.9 Å². The Balaban J connectivity index is 0.894. The summed E-state index contributed by atoms with van der Waals surface area (Å²) in [5.41, 5.74) is 6.90. The molecule has 9 rings (SSSR count). The molecule has 3 fully saturated rings. The SMILES string of the molecule is O=C(NSc1ccc(NCC2CCOCC2)c([N+](=O)[O-])c1)c1ccc(N2CCN(CC3=C(c4ccc(Cl)cc4)CC4(CC3)COC4)CC2)cc1Oc1cnc2[nH]ccc2c1. The second-order valence-corrected chi connectivity index (χ2v) is 17.6. The molecular weight excluding hydrogens is 802 g/mol. The summed E-state index contributed by atoms with van der Waals surface area (Å²) in [6, 6.07) is 22.7. The molecule has 1 aliphatic carbocycles. The molecule has 3 aliphatic heterocycles. The Bertz CT molecular complexity index is 2390. The summed E-state index contributed by atoms with van der Waals surface area (Å²) < 4.78 is 20.5. The van der Waals surface area contributed by atoms with E-state index in [4.69, 9.17) is 25.8 Å². The minimum absolute atomic E-state index is 0.0444. The number of nitrogens with one attached hydrogen (secondary N) is 3. The molecule has 13 nitrogen and oxygen atoms in total. The van der Waals surface area contributed by atoms with Gasteiger partial charge in [0.15, 0.2) is 0 Å². The number of benzene rings is 3. The molecule has 5 aromatic rings. The minimum atomic E-state index is -0.399. The Morgan fingerprint density at radius 1 is 1.02 bits per heavy atom. The summed E-state index contributed by atoms with van der Waals surface area (Å²) in [5.74, 6) is 0.892. The third kappa shape index (κ3) is 9.13. The fraction of sp³-hybridized carbons (Fsp3) is 0.378. The van der Waals surface area contributed by atoms with Gasteiger partial charge in [0.2, 0.25) is 0 Å². The third-order valence-corrected chi connectivity index (χ3v) is 13.3. The molecule has 0 unspecified atom stereocenters. The molecule has 0 radical (unpaired) electrons. The molecule has 3 N–H and O–H groups in total. The molecule has 4 aliphatic rings. The topological polar surface area (TPSA) is 147 Å². The Morgan fingerprint density at radius 2 is 1.83 bits per heavy atom. The van der Waals surface area contributed by atoms with Gasteiger partial charge in [0, 0.05) is 97.2 Å². The van der Waals surface area contributed by atoms with Crippen LogP contribution in [0.4, 0.5) is 17.1 Å². The van der Waals surface area contributed by atoms with Gasteiger partial charge in [0.25, 0.3) is 11.6 Å². The van der Waals surface area contributed by atoms with E-state index in [-0.39, 0.29) is 17.0 Å². The monoisotopic (exact) mass is 849 g/mol. The maximum Gasteiger partial charge on any atom is 0.293 e.